The molecule has 3 heterocycles. The standard InChI is InChI=1S/C28H37N5O2/c1-20-9-11-23(12-10-20)18-32-21(2)25-17-29-33(28(35)27(25)22(32)3)19-26(34)31-15-13-30(14-16-31)24-7-5-4-6-8-24/h9-12,17,24H,4-8,13-16,18-19H2,1-3H3. The van der Waals surface area contributed by atoms with Gasteiger partial charge in [0.1, 0.15) is 6.54 Å². The van der Waals surface area contributed by atoms with Gasteiger partial charge in [-0.2, -0.15) is 5.10 Å². The van der Waals surface area contributed by atoms with Crippen LogP contribution in [0, 0.1) is 20.8 Å². The van der Waals surface area contributed by atoms with Crippen LogP contribution in [0.4, 0.5) is 0 Å². The van der Waals surface area contributed by atoms with E-state index in [1.807, 2.05) is 18.7 Å². The average Bonchev–Trinajstić information content (AvgIpc) is 3.12. The fourth-order valence-electron chi connectivity index (χ4n) is 5.88. The molecule has 2 aromatic heterocycles. The molecule has 1 saturated heterocycles. The lowest BCUT2D eigenvalue weighted by Crippen LogP contribution is -2.53. The van der Waals surface area contributed by atoms with Gasteiger partial charge in [-0.3, -0.25) is 14.5 Å². The van der Waals surface area contributed by atoms with Gasteiger partial charge in [-0.25, -0.2) is 4.68 Å². The molecule has 1 amide bonds. The van der Waals surface area contributed by atoms with E-state index in [9.17, 15) is 9.59 Å². The second-order valence-electron chi connectivity index (χ2n) is 10.3. The highest BCUT2D eigenvalue weighted by Gasteiger charge is 2.27. The van der Waals surface area contributed by atoms with Crippen LogP contribution in [0.1, 0.15) is 54.6 Å². The SMILES string of the molecule is Cc1ccc(Cn2c(C)c3cnn(CC(=O)N4CCN(C5CCCCC5)CC4)c(=O)c3c2C)cc1. The summed E-state index contributed by atoms with van der Waals surface area (Å²) in [6.07, 6.45) is 8.33. The second kappa shape index (κ2) is 9.97. The van der Waals surface area contributed by atoms with Crippen molar-refractivity contribution in [3.63, 3.8) is 0 Å². The quantitative estimate of drug-likeness (QED) is 0.565. The van der Waals surface area contributed by atoms with Gasteiger partial charge in [0.05, 0.1) is 11.6 Å². The van der Waals surface area contributed by atoms with E-state index in [-0.39, 0.29) is 18.0 Å². The van der Waals surface area contributed by atoms with E-state index in [0.717, 1.165) is 43.0 Å². The molecule has 1 aliphatic carbocycles. The molecule has 35 heavy (non-hydrogen) atoms. The lowest BCUT2D eigenvalue weighted by Gasteiger charge is -2.40. The van der Waals surface area contributed by atoms with Crippen molar-refractivity contribution in [2.24, 2.45) is 0 Å². The number of fused-ring (bicyclic) bond motifs is 1. The van der Waals surface area contributed by atoms with Gasteiger partial charge < -0.3 is 9.47 Å². The van der Waals surface area contributed by atoms with Crippen LogP contribution in [0.5, 0.6) is 0 Å². The Labute approximate surface area is 207 Å². The second-order valence-corrected chi connectivity index (χ2v) is 10.3. The highest BCUT2D eigenvalue weighted by Crippen LogP contribution is 2.24. The van der Waals surface area contributed by atoms with Crippen LogP contribution in [-0.4, -0.2) is 62.3 Å². The third kappa shape index (κ3) is 4.79. The van der Waals surface area contributed by atoms with Gasteiger partial charge in [-0.1, -0.05) is 49.1 Å². The number of hydrogen-bond donors (Lipinski definition) is 0. The predicted octanol–water partition coefficient (Wildman–Crippen LogP) is 3.65. The Kier molecular flexibility index (Phi) is 6.78. The first-order chi connectivity index (χ1) is 16.9. The minimum atomic E-state index is -0.181. The summed E-state index contributed by atoms with van der Waals surface area (Å²) in [4.78, 5) is 30.9. The van der Waals surface area contributed by atoms with Crippen molar-refractivity contribution >= 4 is 16.7 Å². The van der Waals surface area contributed by atoms with Crippen LogP contribution in [0.2, 0.25) is 0 Å². The molecule has 0 N–H and O–H groups in total. The summed E-state index contributed by atoms with van der Waals surface area (Å²) in [5.74, 6) is -0.0179. The maximum atomic E-state index is 13.4. The van der Waals surface area contributed by atoms with Crippen molar-refractivity contribution in [2.45, 2.75) is 72.0 Å². The van der Waals surface area contributed by atoms with E-state index in [2.05, 4.69) is 45.8 Å². The van der Waals surface area contributed by atoms with Gasteiger partial charge in [0.25, 0.3) is 5.56 Å². The largest absolute Gasteiger partial charge is 0.343 e. The molecule has 0 radical (unpaired) electrons. The van der Waals surface area contributed by atoms with Crippen LogP contribution in [0.3, 0.4) is 0 Å². The number of carbonyl (C=O) groups is 1. The number of benzene rings is 1. The molecule has 1 aliphatic heterocycles. The first kappa shape index (κ1) is 23.8. The first-order valence-electron chi connectivity index (χ1n) is 13.1. The van der Waals surface area contributed by atoms with Crippen molar-refractivity contribution < 1.29 is 4.79 Å². The third-order valence-corrected chi connectivity index (χ3v) is 8.11. The smallest absolute Gasteiger partial charge is 0.276 e. The monoisotopic (exact) mass is 475 g/mol. The molecular weight excluding hydrogens is 438 g/mol. The van der Waals surface area contributed by atoms with Gasteiger partial charge in [-0.15, -0.1) is 0 Å². The predicted molar refractivity (Wildman–Crippen MR) is 139 cm³/mol. The molecule has 0 atom stereocenters. The molecule has 2 aliphatic rings. The van der Waals surface area contributed by atoms with E-state index < -0.39 is 0 Å². The van der Waals surface area contributed by atoms with Crippen molar-refractivity contribution in [2.75, 3.05) is 26.2 Å². The van der Waals surface area contributed by atoms with Crippen molar-refractivity contribution in [1.29, 1.82) is 0 Å². The van der Waals surface area contributed by atoms with Gasteiger partial charge in [0, 0.05) is 55.5 Å². The Bertz CT molecular complexity index is 1260. The average molecular weight is 476 g/mol. The summed E-state index contributed by atoms with van der Waals surface area (Å²) < 4.78 is 3.52. The summed E-state index contributed by atoms with van der Waals surface area (Å²) in [5, 5.41) is 5.93. The summed E-state index contributed by atoms with van der Waals surface area (Å²) in [6.45, 7) is 10.1. The molecule has 0 bridgehead atoms. The minimum absolute atomic E-state index is 0.000167. The zero-order valence-electron chi connectivity index (χ0n) is 21.3. The highest BCUT2D eigenvalue weighted by molar-refractivity contribution is 5.87. The number of carbonyl (C=O) groups excluding carboxylic acids is 1. The summed E-state index contributed by atoms with van der Waals surface area (Å²) in [7, 11) is 0. The maximum absolute atomic E-state index is 13.4. The Morgan fingerprint density at radius 3 is 2.31 bits per heavy atom. The number of rotatable bonds is 5. The van der Waals surface area contributed by atoms with Crippen LogP contribution in [0.15, 0.2) is 35.3 Å². The van der Waals surface area contributed by atoms with E-state index in [0.29, 0.717) is 18.0 Å². The van der Waals surface area contributed by atoms with Crippen LogP contribution < -0.4 is 5.56 Å². The zero-order chi connectivity index (χ0) is 24.5. The molecule has 7 heteroatoms. The van der Waals surface area contributed by atoms with Gasteiger partial charge >= 0.3 is 0 Å². The molecule has 0 unspecified atom stereocenters. The topological polar surface area (TPSA) is 63.4 Å². The van der Waals surface area contributed by atoms with Crippen LogP contribution in [0.25, 0.3) is 10.8 Å². The number of aromatic nitrogens is 3. The summed E-state index contributed by atoms with van der Waals surface area (Å²) >= 11 is 0. The van der Waals surface area contributed by atoms with Gasteiger partial charge in [0.2, 0.25) is 5.91 Å². The fourth-order valence-corrected chi connectivity index (χ4v) is 5.88. The molecule has 186 valence electrons. The van der Waals surface area contributed by atoms with E-state index in [1.54, 1.807) is 6.20 Å². The molecule has 0 spiro atoms. The fraction of sp³-hybridized carbons (Fsp3) is 0.536. The maximum Gasteiger partial charge on any atom is 0.276 e. The minimum Gasteiger partial charge on any atom is -0.343 e. The third-order valence-electron chi connectivity index (χ3n) is 8.11. The van der Waals surface area contributed by atoms with Crippen molar-refractivity contribution in [1.82, 2.24) is 24.1 Å². The Hall–Kier alpha value is -2.93. The summed E-state index contributed by atoms with van der Waals surface area (Å²) in [5.41, 5.74) is 4.19. The van der Waals surface area contributed by atoms with E-state index >= 15 is 0 Å². The molecule has 5 rings (SSSR count). The molecule has 2 fully saturated rings. The lowest BCUT2D eigenvalue weighted by molar-refractivity contribution is -0.134. The number of hydrogen-bond acceptors (Lipinski definition) is 4. The zero-order valence-corrected chi connectivity index (χ0v) is 21.3. The highest BCUT2D eigenvalue weighted by atomic mass is 16.2. The van der Waals surface area contributed by atoms with Gasteiger partial charge in [-0.05, 0) is 39.2 Å². The van der Waals surface area contributed by atoms with Crippen LogP contribution >= 0.6 is 0 Å². The van der Waals surface area contributed by atoms with E-state index in [1.165, 1.54) is 47.9 Å². The Balaban J connectivity index is 1.30. The first-order valence-corrected chi connectivity index (χ1v) is 13.1. The molecule has 1 saturated carbocycles. The van der Waals surface area contributed by atoms with Crippen LogP contribution in [-0.2, 0) is 17.9 Å². The van der Waals surface area contributed by atoms with Gasteiger partial charge in [0.15, 0.2) is 0 Å². The molecule has 3 aromatic rings. The number of aryl methyl sites for hydroxylation is 3. The lowest BCUT2D eigenvalue weighted by atomic mass is 9.94. The molecular formula is C28H37N5O2. The van der Waals surface area contributed by atoms with E-state index in [4.69, 9.17) is 0 Å². The molecule has 7 nitrogen and oxygen atoms in total. The number of amides is 1. The normalized spacial score (nSPS) is 17.9. The van der Waals surface area contributed by atoms with Crippen molar-refractivity contribution in [3.8, 4) is 0 Å². The van der Waals surface area contributed by atoms with Crippen molar-refractivity contribution in [3.05, 3.63) is 63.3 Å². The number of piperazine rings is 1. The Morgan fingerprint density at radius 2 is 1.63 bits per heavy atom. The number of nitrogens with zero attached hydrogens (tertiary/aromatic N) is 5. The Morgan fingerprint density at radius 1 is 0.943 bits per heavy atom. The summed E-state index contributed by atoms with van der Waals surface area (Å²) in [6, 6.07) is 9.16. The molecule has 1 aromatic carbocycles.